The Morgan fingerprint density at radius 1 is 1.36 bits per heavy atom. The van der Waals surface area contributed by atoms with Gasteiger partial charge in [0, 0.05) is 12.6 Å². The van der Waals surface area contributed by atoms with Crippen LogP contribution in [0, 0.1) is 5.92 Å². The Kier molecular flexibility index (Phi) is 5.49. The number of rotatable bonds is 5. The second-order valence-corrected chi connectivity index (χ2v) is 4.62. The van der Waals surface area contributed by atoms with Crippen LogP contribution in [-0.4, -0.2) is 25.3 Å². The van der Waals surface area contributed by atoms with Crippen LogP contribution in [0.2, 0.25) is 0 Å². The first kappa shape index (κ1) is 12.0. The maximum atomic E-state index is 5.77. The first-order valence-electron chi connectivity index (χ1n) is 6.09. The molecule has 0 amide bonds. The number of hydrogen-bond donors (Lipinski definition) is 1. The van der Waals surface area contributed by atoms with Gasteiger partial charge in [-0.15, -0.1) is 0 Å². The lowest BCUT2D eigenvalue weighted by Gasteiger charge is -2.29. The fourth-order valence-corrected chi connectivity index (χ4v) is 2.15. The quantitative estimate of drug-likeness (QED) is 0.735. The molecule has 1 fully saturated rings. The van der Waals surface area contributed by atoms with Crippen molar-refractivity contribution in [2.75, 3.05) is 13.2 Å². The molecule has 2 unspecified atom stereocenters. The summed E-state index contributed by atoms with van der Waals surface area (Å²) in [7, 11) is 0. The zero-order valence-electron chi connectivity index (χ0n) is 9.88. The zero-order chi connectivity index (χ0) is 10.4. The van der Waals surface area contributed by atoms with E-state index in [0.717, 1.165) is 6.61 Å². The summed E-state index contributed by atoms with van der Waals surface area (Å²) in [4.78, 5) is 0. The summed E-state index contributed by atoms with van der Waals surface area (Å²) in [6, 6.07) is 0.697. The first-order chi connectivity index (χ1) is 6.74. The van der Waals surface area contributed by atoms with Gasteiger partial charge >= 0.3 is 0 Å². The molecule has 2 atom stereocenters. The summed E-state index contributed by atoms with van der Waals surface area (Å²) >= 11 is 0. The van der Waals surface area contributed by atoms with Crippen LogP contribution in [0.25, 0.3) is 0 Å². The van der Waals surface area contributed by atoms with Crippen molar-refractivity contribution in [3.8, 4) is 0 Å². The maximum Gasteiger partial charge on any atom is 0.0612 e. The molecule has 2 nitrogen and oxygen atoms in total. The molecule has 1 aliphatic rings. The van der Waals surface area contributed by atoms with E-state index in [-0.39, 0.29) is 0 Å². The summed E-state index contributed by atoms with van der Waals surface area (Å²) in [5.41, 5.74) is 0. The van der Waals surface area contributed by atoms with Gasteiger partial charge in [0.2, 0.25) is 0 Å². The molecule has 0 radical (unpaired) electrons. The summed E-state index contributed by atoms with van der Waals surface area (Å²) in [5.74, 6) is 0.638. The van der Waals surface area contributed by atoms with Crippen molar-refractivity contribution in [3.63, 3.8) is 0 Å². The first-order valence-corrected chi connectivity index (χ1v) is 6.09. The van der Waals surface area contributed by atoms with Gasteiger partial charge in [0.25, 0.3) is 0 Å². The van der Waals surface area contributed by atoms with E-state index in [1.54, 1.807) is 0 Å². The Bertz CT molecular complexity index is 141. The molecule has 0 spiro atoms. The SMILES string of the molecule is CCOC(CC1CCCCN1)C(C)C. The van der Waals surface area contributed by atoms with E-state index in [1.165, 1.54) is 32.2 Å². The van der Waals surface area contributed by atoms with Crippen LogP contribution < -0.4 is 5.32 Å². The van der Waals surface area contributed by atoms with Gasteiger partial charge in [-0.25, -0.2) is 0 Å². The molecule has 0 saturated carbocycles. The second kappa shape index (κ2) is 6.41. The Balaban J connectivity index is 2.29. The monoisotopic (exact) mass is 199 g/mol. The predicted octanol–water partition coefficient (Wildman–Crippen LogP) is 2.58. The predicted molar refractivity (Wildman–Crippen MR) is 60.5 cm³/mol. The Morgan fingerprint density at radius 2 is 2.14 bits per heavy atom. The van der Waals surface area contributed by atoms with E-state index in [1.807, 2.05) is 0 Å². The molecule has 1 saturated heterocycles. The van der Waals surface area contributed by atoms with Crippen molar-refractivity contribution in [1.29, 1.82) is 0 Å². The highest BCUT2D eigenvalue weighted by atomic mass is 16.5. The lowest BCUT2D eigenvalue weighted by atomic mass is 9.94. The number of nitrogens with one attached hydrogen (secondary N) is 1. The smallest absolute Gasteiger partial charge is 0.0612 e. The van der Waals surface area contributed by atoms with Crippen LogP contribution in [-0.2, 0) is 4.74 Å². The van der Waals surface area contributed by atoms with Gasteiger partial charge in [0.05, 0.1) is 6.10 Å². The molecule has 2 heteroatoms. The normalized spacial score (nSPS) is 25.3. The minimum Gasteiger partial charge on any atom is -0.378 e. The molecular weight excluding hydrogens is 174 g/mol. The van der Waals surface area contributed by atoms with Crippen LogP contribution in [0.3, 0.4) is 0 Å². The van der Waals surface area contributed by atoms with Gasteiger partial charge < -0.3 is 10.1 Å². The van der Waals surface area contributed by atoms with Gasteiger partial charge in [-0.1, -0.05) is 20.3 Å². The average Bonchev–Trinajstić information content (AvgIpc) is 2.18. The number of ether oxygens (including phenoxy) is 1. The van der Waals surface area contributed by atoms with Crippen molar-refractivity contribution < 1.29 is 4.74 Å². The number of hydrogen-bond acceptors (Lipinski definition) is 2. The fourth-order valence-electron chi connectivity index (χ4n) is 2.15. The minimum absolute atomic E-state index is 0.440. The van der Waals surface area contributed by atoms with E-state index in [4.69, 9.17) is 4.74 Å². The van der Waals surface area contributed by atoms with Gasteiger partial charge in [-0.3, -0.25) is 0 Å². The van der Waals surface area contributed by atoms with Crippen molar-refractivity contribution in [2.24, 2.45) is 5.92 Å². The van der Waals surface area contributed by atoms with Crippen LogP contribution in [0.15, 0.2) is 0 Å². The topological polar surface area (TPSA) is 21.3 Å². The molecule has 14 heavy (non-hydrogen) atoms. The van der Waals surface area contributed by atoms with E-state index in [2.05, 4.69) is 26.1 Å². The Labute approximate surface area is 88.4 Å². The summed E-state index contributed by atoms with van der Waals surface area (Å²) in [6.07, 6.45) is 5.68. The molecular formula is C12H25NO. The molecule has 1 aliphatic heterocycles. The summed E-state index contributed by atoms with van der Waals surface area (Å²) in [6.45, 7) is 8.63. The van der Waals surface area contributed by atoms with Crippen molar-refractivity contribution >= 4 is 0 Å². The van der Waals surface area contributed by atoms with Crippen molar-refractivity contribution in [1.82, 2.24) is 5.32 Å². The average molecular weight is 199 g/mol. The van der Waals surface area contributed by atoms with Crippen LogP contribution in [0.1, 0.15) is 46.5 Å². The molecule has 0 aromatic carbocycles. The Morgan fingerprint density at radius 3 is 2.64 bits per heavy atom. The standard InChI is InChI=1S/C12H25NO/c1-4-14-12(10(2)3)9-11-7-5-6-8-13-11/h10-13H,4-9H2,1-3H3. The third kappa shape index (κ3) is 3.97. The molecule has 0 aromatic heterocycles. The van der Waals surface area contributed by atoms with Crippen molar-refractivity contribution in [3.05, 3.63) is 0 Å². The highest BCUT2D eigenvalue weighted by molar-refractivity contribution is 4.77. The highest BCUT2D eigenvalue weighted by Gasteiger charge is 2.20. The fraction of sp³-hybridized carbons (Fsp3) is 1.00. The van der Waals surface area contributed by atoms with E-state index in [9.17, 15) is 0 Å². The molecule has 0 aliphatic carbocycles. The zero-order valence-corrected chi connectivity index (χ0v) is 9.88. The lowest BCUT2D eigenvalue weighted by Crippen LogP contribution is -2.38. The molecule has 0 aromatic rings. The van der Waals surface area contributed by atoms with Crippen LogP contribution in [0.5, 0.6) is 0 Å². The van der Waals surface area contributed by atoms with Gasteiger partial charge in [-0.05, 0) is 38.6 Å². The number of piperidine rings is 1. The molecule has 0 bridgehead atoms. The molecule has 1 heterocycles. The largest absolute Gasteiger partial charge is 0.378 e. The molecule has 1 N–H and O–H groups in total. The van der Waals surface area contributed by atoms with Gasteiger partial charge in [-0.2, -0.15) is 0 Å². The Hall–Kier alpha value is -0.0800. The third-order valence-electron chi connectivity index (χ3n) is 3.05. The van der Waals surface area contributed by atoms with Gasteiger partial charge in [0.15, 0.2) is 0 Å². The highest BCUT2D eigenvalue weighted by Crippen LogP contribution is 2.18. The maximum absolute atomic E-state index is 5.77. The second-order valence-electron chi connectivity index (χ2n) is 4.62. The third-order valence-corrected chi connectivity index (χ3v) is 3.05. The van der Waals surface area contributed by atoms with Crippen molar-refractivity contribution in [2.45, 2.75) is 58.6 Å². The summed E-state index contributed by atoms with van der Waals surface area (Å²) < 4.78 is 5.77. The van der Waals surface area contributed by atoms with Gasteiger partial charge in [0.1, 0.15) is 0 Å². The van der Waals surface area contributed by atoms with E-state index >= 15 is 0 Å². The minimum atomic E-state index is 0.440. The van der Waals surface area contributed by atoms with Crippen LogP contribution in [0.4, 0.5) is 0 Å². The molecule has 84 valence electrons. The lowest BCUT2D eigenvalue weighted by molar-refractivity contribution is 0.0159. The molecule has 1 rings (SSSR count). The van der Waals surface area contributed by atoms with Crippen LogP contribution >= 0.6 is 0 Å². The van der Waals surface area contributed by atoms with E-state index < -0.39 is 0 Å². The van der Waals surface area contributed by atoms with E-state index in [0.29, 0.717) is 18.1 Å². The summed E-state index contributed by atoms with van der Waals surface area (Å²) in [5, 5.41) is 3.58.